The van der Waals surface area contributed by atoms with Gasteiger partial charge < -0.3 is 20.1 Å². The Morgan fingerprint density at radius 3 is 1.43 bits per heavy atom. The molecule has 7 nitrogen and oxygen atoms in total. The van der Waals surface area contributed by atoms with Crippen molar-refractivity contribution in [3.63, 3.8) is 0 Å². The fourth-order valence-corrected chi connectivity index (χ4v) is 2.61. The molecule has 7 heteroatoms. The first-order valence-corrected chi connectivity index (χ1v) is 10.6. The van der Waals surface area contributed by atoms with Crippen molar-refractivity contribution in [1.29, 1.82) is 0 Å². The van der Waals surface area contributed by atoms with Crippen LogP contribution in [0.3, 0.4) is 0 Å². The summed E-state index contributed by atoms with van der Waals surface area (Å²) in [5.74, 6) is 0.915. The molecule has 0 aromatic carbocycles. The van der Waals surface area contributed by atoms with E-state index in [1.807, 2.05) is 27.7 Å². The molecule has 0 bridgehead atoms. The molecule has 0 fully saturated rings. The first kappa shape index (κ1) is 26.8. The molecule has 2 N–H and O–H groups in total. The molecule has 2 amide bonds. The summed E-state index contributed by atoms with van der Waals surface area (Å²) in [6.45, 7) is 17.5. The van der Waals surface area contributed by atoms with Crippen molar-refractivity contribution in [3.05, 3.63) is 0 Å². The molecular weight excluding hydrogens is 358 g/mol. The lowest BCUT2D eigenvalue weighted by Crippen LogP contribution is -2.37. The zero-order chi connectivity index (χ0) is 21.4. The Morgan fingerprint density at radius 2 is 1.11 bits per heavy atom. The van der Waals surface area contributed by atoms with E-state index in [1.165, 1.54) is 0 Å². The molecule has 0 saturated carbocycles. The highest BCUT2D eigenvalue weighted by molar-refractivity contribution is 5.76. The summed E-state index contributed by atoms with van der Waals surface area (Å²) in [5.41, 5.74) is 0. The number of carbonyl (C=O) groups excluding carboxylic acids is 2. The monoisotopic (exact) mass is 401 g/mol. The van der Waals surface area contributed by atoms with Gasteiger partial charge in [-0.05, 0) is 25.7 Å². The third-order valence-corrected chi connectivity index (χ3v) is 4.10. The molecule has 0 rings (SSSR count). The molecule has 0 aliphatic rings. The minimum Gasteiger partial charge on any atom is -0.378 e. The van der Waals surface area contributed by atoms with Gasteiger partial charge in [0.2, 0.25) is 11.8 Å². The molecule has 0 saturated heterocycles. The molecule has 0 atom stereocenters. The third-order valence-electron chi connectivity index (χ3n) is 4.10. The van der Waals surface area contributed by atoms with Crippen LogP contribution in [0.15, 0.2) is 0 Å². The molecule has 0 aliphatic heterocycles. The molecular formula is C21H43N3O4. The highest BCUT2D eigenvalue weighted by atomic mass is 16.5. The maximum atomic E-state index is 11.5. The van der Waals surface area contributed by atoms with Gasteiger partial charge in [0.15, 0.2) is 0 Å². The van der Waals surface area contributed by atoms with Gasteiger partial charge in [-0.25, -0.2) is 0 Å². The molecule has 0 aromatic heterocycles. The van der Waals surface area contributed by atoms with E-state index in [4.69, 9.17) is 9.47 Å². The number of nitrogens with one attached hydrogen (secondary N) is 2. The van der Waals surface area contributed by atoms with E-state index >= 15 is 0 Å². The lowest BCUT2D eigenvalue weighted by Gasteiger charge is -2.26. The highest BCUT2D eigenvalue weighted by Crippen LogP contribution is 1.99. The van der Waals surface area contributed by atoms with Crippen LogP contribution >= 0.6 is 0 Å². The molecule has 0 radical (unpaired) electrons. The third kappa shape index (κ3) is 17.0. The van der Waals surface area contributed by atoms with Gasteiger partial charge in [0.25, 0.3) is 0 Å². The van der Waals surface area contributed by atoms with E-state index < -0.39 is 0 Å². The first-order valence-electron chi connectivity index (χ1n) is 10.6. The van der Waals surface area contributed by atoms with Gasteiger partial charge in [-0.15, -0.1) is 0 Å². The van der Waals surface area contributed by atoms with Crippen LogP contribution in [0.25, 0.3) is 0 Å². The summed E-state index contributed by atoms with van der Waals surface area (Å²) in [6.07, 6.45) is 1.12. The number of ether oxygens (including phenoxy) is 2. The van der Waals surface area contributed by atoms with Crippen LogP contribution in [0.2, 0.25) is 0 Å². The Hall–Kier alpha value is -1.18. The SMILES string of the molecule is CC(C)CC(=O)NCCOCCN(CCOCCNC(=O)CC(C)C)C(C)C. The minimum absolute atomic E-state index is 0.0833. The van der Waals surface area contributed by atoms with Crippen molar-refractivity contribution in [2.45, 2.75) is 60.4 Å². The Morgan fingerprint density at radius 1 is 0.714 bits per heavy atom. The number of nitrogens with zero attached hydrogens (tertiary/aromatic N) is 1. The van der Waals surface area contributed by atoms with Gasteiger partial charge in [0.05, 0.1) is 26.4 Å². The van der Waals surface area contributed by atoms with E-state index in [-0.39, 0.29) is 11.8 Å². The molecule has 28 heavy (non-hydrogen) atoms. The van der Waals surface area contributed by atoms with Gasteiger partial charge in [0, 0.05) is 45.1 Å². The summed E-state index contributed by atoms with van der Waals surface area (Å²) in [5, 5.41) is 5.74. The summed E-state index contributed by atoms with van der Waals surface area (Å²) in [6, 6.07) is 0.406. The Kier molecular flexibility index (Phi) is 16.0. The zero-order valence-corrected chi connectivity index (χ0v) is 18.9. The van der Waals surface area contributed by atoms with Crippen molar-refractivity contribution >= 4 is 11.8 Å². The van der Waals surface area contributed by atoms with Crippen LogP contribution in [-0.4, -0.2) is 75.4 Å². The molecule has 0 heterocycles. The summed E-state index contributed by atoms with van der Waals surface area (Å²) in [7, 11) is 0. The quantitative estimate of drug-likeness (QED) is 0.365. The van der Waals surface area contributed by atoms with Crippen LogP contribution in [0.5, 0.6) is 0 Å². The normalized spacial score (nSPS) is 11.6. The number of rotatable bonds is 17. The maximum absolute atomic E-state index is 11.5. The molecule has 0 spiro atoms. The number of amides is 2. The zero-order valence-electron chi connectivity index (χ0n) is 18.9. The fourth-order valence-electron chi connectivity index (χ4n) is 2.61. The summed E-state index contributed by atoms with van der Waals surface area (Å²) in [4.78, 5) is 25.4. The van der Waals surface area contributed by atoms with Crippen molar-refractivity contribution in [2.24, 2.45) is 11.8 Å². The summed E-state index contributed by atoms with van der Waals surface area (Å²) >= 11 is 0. The lowest BCUT2D eigenvalue weighted by atomic mass is 10.1. The lowest BCUT2D eigenvalue weighted by molar-refractivity contribution is -0.122. The number of carbonyl (C=O) groups is 2. The Bertz CT molecular complexity index is 380. The first-order chi connectivity index (χ1) is 13.2. The van der Waals surface area contributed by atoms with Crippen molar-refractivity contribution in [3.8, 4) is 0 Å². The van der Waals surface area contributed by atoms with Crippen LogP contribution < -0.4 is 10.6 Å². The molecule has 0 unspecified atom stereocenters. The molecule has 0 aliphatic carbocycles. The fraction of sp³-hybridized carbons (Fsp3) is 0.905. The maximum Gasteiger partial charge on any atom is 0.220 e. The molecule has 166 valence electrons. The Labute approximate surface area is 171 Å². The van der Waals surface area contributed by atoms with Gasteiger partial charge in [0.1, 0.15) is 0 Å². The molecule has 0 aromatic rings. The van der Waals surface area contributed by atoms with Crippen molar-refractivity contribution < 1.29 is 19.1 Å². The predicted molar refractivity (Wildman–Crippen MR) is 113 cm³/mol. The average molecular weight is 402 g/mol. The largest absolute Gasteiger partial charge is 0.378 e. The highest BCUT2D eigenvalue weighted by Gasteiger charge is 2.09. The van der Waals surface area contributed by atoms with Crippen LogP contribution in [-0.2, 0) is 19.1 Å². The smallest absolute Gasteiger partial charge is 0.220 e. The van der Waals surface area contributed by atoms with Gasteiger partial charge in [-0.1, -0.05) is 27.7 Å². The van der Waals surface area contributed by atoms with Crippen molar-refractivity contribution in [1.82, 2.24) is 15.5 Å². The average Bonchev–Trinajstić information content (AvgIpc) is 2.57. The van der Waals surface area contributed by atoms with Crippen molar-refractivity contribution in [2.75, 3.05) is 52.6 Å². The van der Waals surface area contributed by atoms with Crippen LogP contribution in [0, 0.1) is 11.8 Å². The second-order valence-electron chi connectivity index (χ2n) is 8.25. The van der Waals surface area contributed by atoms with Gasteiger partial charge >= 0.3 is 0 Å². The Balaban J connectivity index is 3.71. The number of hydrogen-bond donors (Lipinski definition) is 2. The van der Waals surface area contributed by atoms with Gasteiger partial charge in [-0.2, -0.15) is 0 Å². The predicted octanol–water partition coefficient (Wildman–Crippen LogP) is 2.05. The van der Waals surface area contributed by atoms with Gasteiger partial charge in [-0.3, -0.25) is 14.5 Å². The number of hydrogen-bond acceptors (Lipinski definition) is 5. The van der Waals surface area contributed by atoms with E-state index in [1.54, 1.807) is 0 Å². The van der Waals surface area contributed by atoms with Crippen LogP contribution in [0.1, 0.15) is 54.4 Å². The van der Waals surface area contributed by atoms with E-state index in [0.29, 0.717) is 70.2 Å². The second-order valence-corrected chi connectivity index (χ2v) is 8.25. The minimum atomic E-state index is 0.0833. The van der Waals surface area contributed by atoms with E-state index in [9.17, 15) is 9.59 Å². The van der Waals surface area contributed by atoms with E-state index in [2.05, 4.69) is 29.4 Å². The standard InChI is InChI=1S/C21H43N3O4/c1-17(2)15-20(25)22-7-11-27-13-9-24(19(5)6)10-14-28-12-8-23-21(26)16-18(3)4/h17-19H,7-16H2,1-6H3,(H,22,25)(H,23,26). The summed E-state index contributed by atoms with van der Waals surface area (Å²) < 4.78 is 11.3. The topological polar surface area (TPSA) is 79.9 Å². The van der Waals surface area contributed by atoms with E-state index in [0.717, 1.165) is 13.1 Å². The van der Waals surface area contributed by atoms with Crippen LogP contribution in [0.4, 0.5) is 0 Å². The second kappa shape index (κ2) is 16.7.